The van der Waals surface area contributed by atoms with Gasteiger partial charge in [-0.15, -0.1) is 11.3 Å². The van der Waals surface area contributed by atoms with Crippen LogP contribution in [0.3, 0.4) is 0 Å². The molecule has 1 aromatic heterocycles. The average molecular weight is 278 g/mol. The van der Waals surface area contributed by atoms with Gasteiger partial charge in [0.25, 0.3) is 11.7 Å². The molecule has 1 saturated heterocycles. The summed E-state index contributed by atoms with van der Waals surface area (Å²) in [4.78, 5) is 12.5. The van der Waals surface area contributed by atoms with Gasteiger partial charge >= 0.3 is 0 Å². The minimum Gasteiger partial charge on any atom is -0.351 e. The number of hydrogen-bond donors (Lipinski definition) is 2. The van der Waals surface area contributed by atoms with Crippen LogP contribution in [0.15, 0.2) is 16.3 Å². The number of halogens is 2. The minimum absolute atomic E-state index is 0.255. The number of nitrogens with one attached hydrogen (secondary N) is 2. The fourth-order valence-electron chi connectivity index (χ4n) is 1.46. The minimum atomic E-state index is -2.49. The molecule has 1 aromatic rings. The lowest BCUT2D eigenvalue weighted by atomic mass is 10.0. The summed E-state index contributed by atoms with van der Waals surface area (Å²) in [5.74, 6) is -2.29. The molecule has 17 heavy (non-hydrogen) atoms. The van der Waals surface area contributed by atoms with E-state index in [2.05, 4.69) is 10.6 Å². The van der Waals surface area contributed by atoms with Gasteiger partial charge in [-0.25, -0.2) is 0 Å². The Bertz CT molecular complexity index is 393. The summed E-state index contributed by atoms with van der Waals surface area (Å²) in [6.07, 6.45) is 0. The zero-order valence-corrected chi connectivity index (χ0v) is 10.5. The number of thiophene rings is 1. The number of carbonyl (C=O) groups is 1. The molecule has 0 aliphatic carbocycles. The molecule has 94 valence electrons. The van der Waals surface area contributed by atoms with Gasteiger partial charge in [0.05, 0.1) is 0 Å². The second kappa shape index (κ2) is 5.79. The van der Waals surface area contributed by atoms with Crippen LogP contribution in [-0.4, -0.2) is 31.3 Å². The van der Waals surface area contributed by atoms with Gasteiger partial charge in [0.15, 0.2) is 0 Å². The molecule has 1 amide bonds. The quantitative estimate of drug-likeness (QED) is 0.810. The molecule has 0 aromatic carbocycles. The van der Waals surface area contributed by atoms with Crippen molar-refractivity contribution in [3.63, 3.8) is 0 Å². The van der Waals surface area contributed by atoms with Gasteiger partial charge in [-0.05, 0) is 11.4 Å². The van der Waals surface area contributed by atoms with Crippen LogP contribution >= 0.6 is 23.1 Å². The molecule has 1 aliphatic heterocycles. The molecule has 0 bridgehead atoms. The van der Waals surface area contributed by atoms with Crippen LogP contribution in [-0.2, 0) is 0 Å². The van der Waals surface area contributed by atoms with Crippen LogP contribution in [0.1, 0.15) is 9.67 Å². The van der Waals surface area contributed by atoms with Crippen LogP contribution in [0.4, 0.5) is 8.78 Å². The van der Waals surface area contributed by atoms with E-state index < -0.39 is 5.76 Å². The van der Waals surface area contributed by atoms with E-state index in [0.29, 0.717) is 34.0 Å². The molecule has 3 nitrogen and oxygen atoms in total. The number of hydrogen-bond acceptors (Lipinski definition) is 4. The molecule has 1 fully saturated rings. The summed E-state index contributed by atoms with van der Waals surface area (Å²) in [7, 11) is 0. The third-order valence-corrected chi connectivity index (χ3v) is 4.28. The van der Waals surface area contributed by atoms with Crippen LogP contribution in [0.2, 0.25) is 0 Å². The molecule has 1 aliphatic rings. The predicted molar refractivity (Wildman–Crippen MR) is 64.9 cm³/mol. The van der Waals surface area contributed by atoms with E-state index in [1.807, 2.05) is 0 Å². The van der Waals surface area contributed by atoms with Crippen LogP contribution in [0.5, 0.6) is 0 Å². The van der Waals surface area contributed by atoms with Crippen molar-refractivity contribution in [2.24, 2.45) is 5.92 Å². The normalized spacial score (nSPS) is 15.9. The number of carbonyl (C=O) groups excluding carboxylic acids is 1. The van der Waals surface area contributed by atoms with Crippen LogP contribution in [0, 0.1) is 5.92 Å². The highest BCUT2D eigenvalue weighted by molar-refractivity contribution is 7.99. The van der Waals surface area contributed by atoms with Crippen molar-refractivity contribution in [1.82, 2.24) is 10.6 Å². The largest absolute Gasteiger partial charge is 0.351 e. The second-order valence-corrected chi connectivity index (χ2v) is 5.67. The lowest BCUT2D eigenvalue weighted by molar-refractivity contribution is 0.0943. The van der Waals surface area contributed by atoms with E-state index in [9.17, 15) is 13.6 Å². The summed E-state index contributed by atoms with van der Waals surface area (Å²) in [6, 6.07) is 1.56. The number of alkyl halides is 2. The SMILES string of the molecule is O=C(NCC1CNC1)c1sccc1SC(F)F. The van der Waals surface area contributed by atoms with Gasteiger partial charge in [-0.1, -0.05) is 11.8 Å². The summed E-state index contributed by atoms with van der Waals surface area (Å²) < 4.78 is 24.5. The highest BCUT2D eigenvalue weighted by Gasteiger charge is 2.20. The van der Waals surface area contributed by atoms with Gasteiger partial charge in [-0.2, -0.15) is 8.78 Å². The molecular formula is C10H12F2N2OS2. The summed E-state index contributed by atoms with van der Waals surface area (Å²) in [6.45, 7) is 2.41. The first kappa shape index (κ1) is 12.8. The highest BCUT2D eigenvalue weighted by atomic mass is 32.2. The van der Waals surface area contributed by atoms with Crippen molar-refractivity contribution in [1.29, 1.82) is 0 Å². The van der Waals surface area contributed by atoms with Gasteiger partial charge in [0.1, 0.15) is 4.88 Å². The third kappa shape index (κ3) is 3.40. The van der Waals surface area contributed by atoms with Gasteiger partial charge < -0.3 is 10.6 Å². The molecule has 0 radical (unpaired) electrons. The lowest BCUT2D eigenvalue weighted by Gasteiger charge is -2.27. The summed E-state index contributed by atoms with van der Waals surface area (Å²) in [5, 5.41) is 7.54. The second-order valence-electron chi connectivity index (χ2n) is 3.73. The Morgan fingerprint density at radius 3 is 3.00 bits per heavy atom. The first-order valence-electron chi connectivity index (χ1n) is 5.18. The van der Waals surface area contributed by atoms with E-state index in [0.717, 1.165) is 13.1 Å². The van der Waals surface area contributed by atoms with E-state index in [1.54, 1.807) is 11.4 Å². The summed E-state index contributed by atoms with van der Waals surface area (Å²) >= 11 is 1.61. The highest BCUT2D eigenvalue weighted by Crippen LogP contribution is 2.31. The standard InChI is InChI=1S/C10H12F2N2OS2/c11-10(12)17-7-1-2-16-8(7)9(15)14-5-6-3-13-4-6/h1-2,6,10,13H,3-5H2,(H,14,15). The monoisotopic (exact) mass is 278 g/mol. The Hall–Kier alpha value is -0.660. The van der Waals surface area contributed by atoms with Crippen molar-refractivity contribution in [3.05, 3.63) is 16.3 Å². The average Bonchev–Trinajstić information content (AvgIpc) is 2.62. The Kier molecular flexibility index (Phi) is 4.36. The smallest absolute Gasteiger partial charge is 0.288 e. The van der Waals surface area contributed by atoms with Crippen LogP contribution in [0.25, 0.3) is 0 Å². The Labute approximate surface area is 106 Å². The van der Waals surface area contributed by atoms with E-state index in [4.69, 9.17) is 0 Å². The Morgan fingerprint density at radius 2 is 2.41 bits per heavy atom. The first-order chi connectivity index (χ1) is 8.16. The maximum Gasteiger partial charge on any atom is 0.288 e. The van der Waals surface area contributed by atoms with Gasteiger partial charge in [-0.3, -0.25) is 4.79 Å². The van der Waals surface area contributed by atoms with Crippen molar-refractivity contribution < 1.29 is 13.6 Å². The van der Waals surface area contributed by atoms with Gasteiger partial charge in [0, 0.05) is 30.4 Å². The molecule has 0 unspecified atom stereocenters. The summed E-state index contributed by atoms with van der Waals surface area (Å²) in [5.41, 5.74) is 0. The number of rotatable bonds is 5. The zero-order chi connectivity index (χ0) is 12.3. The first-order valence-corrected chi connectivity index (χ1v) is 6.94. The number of amides is 1. The maximum atomic E-state index is 12.2. The molecular weight excluding hydrogens is 266 g/mol. The Balaban J connectivity index is 1.90. The lowest BCUT2D eigenvalue weighted by Crippen LogP contribution is -2.48. The van der Waals surface area contributed by atoms with Crippen molar-refractivity contribution in [2.75, 3.05) is 19.6 Å². The molecule has 0 spiro atoms. The predicted octanol–water partition coefficient (Wildman–Crippen LogP) is 2.01. The number of thioether (sulfide) groups is 1. The molecule has 0 saturated carbocycles. The molecule has 2 rings (SSSR count). The molecule has 2 N–H and O–H groups in total. The van der Waals surface area contributed by atoms with E-state index in [1.165, 1.54) is 11.3 Å². The molecule has 2 heterocycles. The van der Waals surface area contributed by atoms with Gasteiger partial charge in [0.2, 0.25) is 0 Å². The van der Waals surface area contributed by atoms with Crippen molar-refractivity contribution in [3.8, 4) is 0 Å². The third-order valence-electron chi connectivity index (χ3n) is 2.47. The maximum absolute atomic E-state index is 12.2. The van der Waals surface area contributed by atoms with E-state index >= 15 is 0 Å². The zero-order valence-electron chi connectivity index (χ0n) is 8.91. The van der Waals surface area contributed by atoms with Crippen molar-refractivity contribution >= 4 is 29.0 Å². The Morgan fingerprint density at radius 1 is 1.65 bits per heavy atom. The fraction of sp³-hybridized carbons (Fsp3) is 0.500. The molecule has 0 atom stereocenters. The molecule has 7 heteroatoms. The van der Waals surface area contributed by atoms with Crippen molar-refractivity contribution in [2.45, 2.75) is 10.7 Å². The van der Waals surface area contributed by atoms with E-state index in [-0.39, 0.29) is 5.91 Å². The van der Waals surface area contributed by atoms with Crippen LogP contribution < -0.4 is 10.6 Å². The fourth-order valence-corrected chi connectivity index (χ4v) is 3.08. The topological polar surface area (TPSA) is 41.1 Å².